The van der Waals surface area contributed by atoms with Crippen LogP contribution >= 0.6 is 0 Å². The lowest BCUT2D eigenvalue weighted by atomic mass is 9.86. The van der Waals surface area contributed by atoms with Crippen molar-refractivity contribution in [1.29, 1.82) is 0 Å². The molecule has 1 amide bonds. The van der Waals surface area contributed by atoms with Crippen LogP contribution in [-0.4, -0.2) is 42.6 Å². The largest absolute Gasteiger partial charge is 0.362 e. The molecule has 1 saturated carbocycles. The van der Waals surface area contributed by atoms with Crippen molar-refractivity contribution in [3.8, 4) is 0 Å². The van der Waals surface area contributed by atoms with Gasteiger partial charge in [-0.25, -0.2) is 13.8 Å². The van der Waals surface area contributed by atoms with Crippen LogP contribution in [0.2, 0.25) is 0 Å². The Bertz CT molecular complexity index is 1130. The minimum absolute atomic E-state index is 0.0478. The number of carbonyl (C=O) groups excluding carboxylic acids is 1. The third kappa shape index (κ3) is 5.74. The number of benzene rings is 2. The highest BCUT2D eigenvalue weighted by molar-refractivity contribution is 5.90. The van der Waals surface area contributed by atoms with Crippen LogP contribution in [0.1, 0.15) is 31.2 Å². The molecular weight excluding hydrogens is 424 g/mol. The fourth-order valence-corrected chi connectivity index (χ4v) is 4.34. The topological polar surface area (TPSA) is 70.2 Å². The summed E-state index contributed by atoms with van der Waals surface area (Å²) in [6.45, 7) is 0.779. The van der Waals surface area contributed by atoms with E-state index in [2.05, 4.69) is 20.6 Å². The van der Waals surface area contributed by atoms with E-state index in [1.807, 2.05) is 43.3 Å². The quantitative estimate of drug-likeness (QED) is 0.558. The summed E-state index contributed by atoms with van der Waals surface area (Å²) in [7, 11) is 3.95. The molecule has 174 valence electrons. The molecule has 0 bridgehead atoms. The molecule has 0 spiro atoms. The van der Waals surface area contributed by atoms with Crippen molar-refractivity contribution in [3.05, 3.63) is 59.7 Å². The van der Waals surface area contributed by atoms with E-state index < -0.39 is 11.6 Å². The minimum Gasteiger partial charge on any atom is -0.362 e. The van der Waals surface area contributed by atoms with Crippen LogP contribution in [0.5, 0.6) is 0 Å². The standard InChI is InChI=1S/C25H29F2N5O/c1-32(2)24-19-5-3-4-6-22(19)30-25(31-24)28-15-16-7-10-18(11-8-16)29-23(33)14-17-9-12-20(26)21(27)13-17/h3-6,9,12-13,16,18H,7-8,10-11,14-15H2,1-2H3,(H,29,33)(H,28,30,31). The van der Waals surface area contributed by atoms with E-state index >= 15 is 0 Å². The van der Waals surface area contributed by atoms with Crippen molar-refractivity contribution in [2.24, 2.45) is 5.92 Å². The molecular formula is C25H29F2N5O. The molecule has 2 N–H and O–H groups in total. The number of nitrogens with zero attached hydrogens (tertiary/aromatic N) is 3. The first kappa shape index (κ1) is 22.9. The van der Waals surface area contributed by atoms with Gasteiger partial charge in [0.05, 0.1) is 11.9 Å². The number of amides is 1. The van der Waals surface area contributed by atoms with E-state index in [4.69, 9.17) is 0 Å². The third-order valence-electron chi connectivity index (χ3n) is 6.12. The first-order chi connectivity index (χ1) is 15.9. The Labute approximate surface area is 192 Å². The Hall–Kier alpha value is -3.29. The highest BCUT2D eigenvalue weighted by Gasteiger charge is 2.23. The molecule has 1 aliphatic rings. The van der Waals surface area contributed by atoms with E-state index in [1.54, 1.807) is 0 Å². The van der Waals surface area contributed by atoms with Gasteiger partial charge in [0.15, 0.2) is 11.6 Å². The Morgan fingerprint density at radius 2 is 1.79 bits per heavy atom. The number of fused-ring (bicyclic) bond motifs is 1. The summed E-state index contributed by atoms with van der Waals surface area (Å²) in [5, 5.41) is 7.45. The molecule has 6 nitrogen and oxygen atoms in total. The predicted molar refractivity (Wildman–Crippen MR) is 126 cm³/mol. The average Bonchev–Trinajstić information content (AvgIpc) is 2.80. The fourth-order valence-electron chi connectivity index (χ4n) is 4.34. The minimum atomic E-state index is -0.929. The SMILES string of the molecule is CN(C)c1nc(NCC2CCC(NC(=O)Cc3ccc(F)c(F)c3)CC2)nc2ccccc12. The molecule has 3 aromatic rings. The van der Waals surface area contributed by atoms with Crippen molar-refractivity contribution in [2.45, 2.75) is 38.1 Å². The maximum atomic E-state index is 13.3. The van der Waals surface area contributed by atoms with Gasteiger partial charge in [-0.3, -0.25) is 4.79 Å². The maximum absolute atomic E-state index is 13.3. The summed E-state index contributed by atoms with van der Waals surface area (Å²) in [5.41, 5.74) is 1.38. The summed E-state index contributed by atoms with van der Waals surface area (Å²) in [6, 6.07) is 11.7. The second kappa shape index (κ2) is 10.1. The molecule has 0 radical (unpaired) electrons. The van der Waals surface area contributed by atoms with Crippen molar-refractivity contribution < 1.29 is 13.6 Å². The number of rotatable bonds is 7. The second-order valence-electron chi connectivity index (χ2n) is 8.87. The summed E-state index contributed by atoms with van der Waals surface area (Å²) < 4.78 is 26.4. The van der Waals surface area contributed by atoms with Gasteiger partial charge in [-0.2, -0.15) is 4.98 Å². The van der Waals surface area contributed by atoms with Crippen LogP contribution in [0.3, 0.4) is 0 Å². The molecule has 0 atom stereocenters. The Morgan fingerprint density at radius 3 is 2.52 bits per heavy atom. The highest BCUT2D eigenvalue weighted by Crippen LogP contribution is 2.26. The molecule has 0 unspecified atom stereocenters. The molecule has 1 heterocycles. The van der Waals surface area contributed by atoms with Crippen LogP contribution < -0.4 is 15.5 Å². The average molecular weight is 454 g/mol. The molecule has 0 saturated heterocycles. The first-order valence-corrected chi connectivity index (χ1v) is 11.3. The van der Waals surface area contributed by atoms with Gasteiger partial charge < -0.3 is 15.5 Å². The van der Waals surface area contributed by atoms with Crippen LogP contribution in [0.4, 0.5) is 20.5 Å². The number of carbonyl (C=O) groups is 1. The van der Waals surface area contributed by atoms with E-state index in [0.29, 0.717) is 17.4 Å². The maximum Gasteiger partial charge on any atom is 0.225 e. The van der Waals surface area contributed by atoms with Crippen molar-refractivity contribution in [3.63, 3.8) is 0 Å². The highest BCUT2D eigenvalue weighted by atomic mass is 19.2. The van der Waals surface area contributed by atoms with Crippen molar-refractivity contribution in [2.75, 3.05) is 30.9 Å². The number of hydrogen-bond acceptors (Lipinski definition) is 5. The van der Waals surface area contributed by atoms with Crippen molar-refractivity contribution >= 4 is 28.6 Å². The van der Waals surface area contributed by atoms with E-state index in [0.717, 1.165) is 61.1 Å². The number of anilines is 2. The van der Waals surface area contributed by atoms with Gasteiger partial charge >= 0.3 is 0 Å². The van der Waals surface area contributed by atoms with Crippen LogP contribution in [-0.2, 0) is 11.2 Å². The van der Waals surface area contributed by atoms with Crippen LogP contribution in [0.15, 0.2) is 42.5 Å². The van der Waals surface area contributed by atoms with E-state index in [9.17, 15) is 13.6 Å². The number of para-hydroxylation sites is 1. The molecule has 33 heavy (non-hydrogen) atoms. The zero-order valence-corrected chi connectivity index (χ0v) is 18.9. The third-order valence-corrected chi connectivity index (χ3v) is 6.12. The molecule has 0 aliphatic heterocycles. The monoisotopic (exact) mass is 453 g/mol. The zero-order valence-electron chi connectivity index (χ0n) is 18.9. The van der Waals surface area contributed by atoms with Gasteiger partial charge in [-0.1, -0.05) is 18.2 Å². The molecule has 1 aromatic heterocycles. The smallest absolute Gasteiger partial charge is 0.225 e. The Balaban J connectivity index is 1.26. The van der Waals surface area contributed by atoms with Gasteiger partial charge in [0.2, 0.25) is 11.9 Å². The molecule has 8 heteroatoms. The van der Waals surface area contributed by atoms with Gasteiger partial charge in [-0.05, 0) is 61.4 Å². The molecule has 1 fully saturated rings. The predicted octanol–water partition coefficient (Wildman–Crippen LogP) is 4.30. The van der Waals surface area contributed by atoms with E-state index in [-0.39, 0.29) is 18.4 Å². The van der Waals surface area contributed by atoms with Crippen LogP contribution in [0.25, 0.3) is 10.9 Å². The Kier molecular flexibility index (Phi) is 7.01. The van der Waals surface area contributed by atoms with E-state index in [1.165, 1.54) is 6.07 Å². The number of hydrogen-bond donors (Lipinski definition) is 2. The number of aromatic nitrogens is 2. The summed E-state index contributed by atoms with van der Waals surface area (Å²) >= 11 is 0. The zero-order chi connectivity index (χ0) is 23.4. The Morgan fingerprint density at radius 1 is 1.03 bits per heavy atom. The van der Waals surface area contributed by atoms with Gasteiger partial charge in [0.1, 0.15) is 5.82 Å². The van der Waals surface area contributed by atoms with Crippen molar-refractivity contribution in [1.82, 2.24) is 15.3 Å². The first-order valence-electron chi connectivity index (χ1n) is 11.3. The van der Waals surface area contributed by atoms with Gasteiger partial charge in [0.25, 0.3) is 0 Å². The molecule has 2 aromatic carbocycles. The lowest BCUT2D eigenvalue weighted by molar-refractivity contribution is -0.121. The summed E-state index contributed by atoms with van der Waals surface area (Å²) in [4.78, 5) is 23.6. The number of nitrogens with one attached hydrogen (secondary N) is 2. The molecule has 4 rings (SSSR count). The van der Waals surface area contributed by atoms with Crippen LogP contribution in [0, 0.1) is 17.6 Å². The van der Waals surface area contributed by atoms with Gasteiger partial charge in [0, 0.05) is 32.1 Å². The lowest BCUT2D eigenvalue weighted by Crippen LogP contribution is -2.39. The summed E-state index contributed by atoms with van der Waals surface area (Å²) in [6.07, 6.45) is 3.79. The summed E-state index contributed by atoms with van der Waals surface area (Å²) in [5.74, 6) is -0.0139. The molecule has 1 aliphatic carbocycles. The van der Waals surface area contributed by atoms with Gasteiger partial charge in [-0.15, -0.1) is 0 Å². The fraction of sp³-hybridized carbons (Fsp3) is 0.400. The number of halogens is 2. The normalized spacial score (nSPS) is 18.2. The lowest BCUT2D eigenvalue weighted by Gasteiger charge is -2.29. The second-order valence-corrected chi connectivity index (χ2v) is 8.87.